The SMILES string of the molecule is COc1cc(CCCCCO)cc(OC)c1OC. The summed E-state index contributed by atoms with van der Waals surface area (Å²) < 4.78 is 15.9. The van der Waals surface area contributed by atoms with Gasteiger partial charge < -0.3 is 19.3 Å². The van der Waals surface area contributed by atoms with Crippen LogP contribution < -0.4 is 14.2 Å². The van der Waals surface area contributed by atoms with Gasteiger partial charge in [0, 0.05) is 6.61 Å². The van der Waals surface area contributed by atoms with Crippen LogP contribution in [0.4, 0.5) is 0 Å². The van der Waals surface area contributed by atoms with Crippen molar-refractivity contribution < 1.29 is 19.3 Å². The highest BCUT2D eigenvalue weighted by molar-refractivity contribution is 5.53. The number of aliphatic hydroxyl groups is 1. The first-order chi connectivity index (χ1) is 8.76. The largest absolute Gasteiger partial charge is 0.493 e. The van der Waals surface area contributed by atoms with E-state index in [0.29, 0.717) is 17.2 Å². The molecule has 1 rings (SSSR count). The van der Waals surface area contributed by atoms with Gasteiger partial charge in [-0.25, -0.2) is 0 Å². The van der Waals surface area contributed by atoms with E-state index in [1.807, 2.05) is 12.1 Å². The molecular weight excluding hydrogens is 232 g/mol. The van der Waals surface area contributed by atoms with Crippen molar-refractivity contribution in [2.45, 2.75) is 25.7 Å². The van der Waals surface area contributed by atoms with Crippen molar-refractivity contribution in [2.24, 2.45) is 0 Å². The van der Waals surface area contributed by atoms with Gasteiger partial charge in [-0.2, -0.15) is 0 Å². The Kier molecular flexibility index (Phi) is 6.36. The Bertz CT molecular complexity index is 338. The molecule has 0 saturated carbocycles. The Labute approximate surface area is 108 Å². The van der Waals surface area contributed by atoms with Crippen molar-refractivity contribution in [3.63, 3.8) is 0 Å². The molecule has 0 fully saturated rings. The first-order valence-corrected chi connectivity index (χ1v) is 6.16. The molecule has 0 aliphatic heterocycles. The number of aryl methyl sites for hydroxylation is 1. The molecule has 1 N–H and O–H groups in total. The molecule has 4 nitrogen and oxygen atoms in total. The van der Waals surface area contributed by atoms with Crippen LogP contribution in [0.5, 0.6) is 17.2 Å². The number of hydrogen-bond donors (Lipinski definition) is 1. The quantitative estimate of drug-likeness (QED) is 0.724. The summed E-state index contributed by atoms with van der Waals surface area (Å²) in [5.41, 5.74) is 1.16. The van der Waals surface area contributed by atoms with Gasteiger partial charge in [-0.15, -0.1) is 0 Å². The van der Waals surface area contributed by atoms with Gasteiger partial charge >= 0.3 is 0 Å². The van der Waals surface area contributed by atoms with Crippen LogP contribution in [0.3, 0.4) is 0 Å². The lowest BCUT2D eigenvalue weighted by Crippen LogP contribution is -1.97. The van der Waals surface area contributed by atoms with E-state index in [0.717, 1.165) is 31.2 Å². The van der Waals surface area contributed by atoms with Gasteiger partial charge in [0.2, 0.25) is 5.75 Å². The molecule has 0 bridgehead atoms. The highest BCUT2D eigenvalue weighted by Gasteiger charge is 2.12. The summed E-state index contributed by atoms with van der Waals surface area (Å²) in [5, 5.41) is 8.74. The van der Waals surface area contributed by atoms with E-state index >= 15 is 0 Å². The first kappa shape index (κ1) is 14.6. The number of hydrogen-bond acceptors (Lipinski definition) is 4. The Morgan fingerprint density at radius 3 is 1.94 bits per heavy atom. The van der Waals surface area contributed by atoms with Gasteiger partial charge in [-0.1, -0.05) is 6.42 Å². The van der Waals surface area contributed by atoms with E-state index in [1.165, 1.54) is 0 Å². The second-order valence-corrected chi connectivity index (χ2v) is 4.07. The molecule has 102 valence electrons. The molecule has 0 spiro atoms. The zero-order valence-electron chi connectivity index (χ0n) is 11.4. The number of ether oxygens (including phenoxy) is 3. The fourth-order valence-electron chi connectivity index (χ4n) is 1.90. The van der Waals surface area contributed by atoms with Gasteiger partial charge in [0.1, 0.15) is 0 Å². The monoisotopic (exact) mass is 254 g/mol. The third-order valence-corrected chi connectivity index (χ3v) is 2.85. The Balaban J connectivity index is 2.80. The van der Waals surface area contributed by atoms with Gasteiger partial charge in [0.15, 0.2) is 11.5 Å². The lowest BCUT2D eigenvalue weighted by atomic mass is 10.1. The van der Waals surface area contributed by atoms with E-state index in [1.54, 1.807) is 21.3 Å². The number of unbranched alkanes of at least 4 members (excludes halogenated alkanes) is 2. The summed E-state index contributed by atoms with van der Waals surface area (Å²) in [6, 6.07) is 3.95. The van der Waals surface area contributed by atoms with Crippen LogP contribution in [-0.2, 0) is 6.42 Å². The van der Waals surface area contributed by atoms with E-state index in [4.69, 9.17) is 19.3 Å². The van der Waals surface area contributed by atoms with Gasteiger partial charge in [-0.3, -0.25) is 0 Å². The smallest absolute Gasteiger partial charge is 0.203 e. The standard InChI is InChI=1S/C14H22O4/c1-16-12-9-11(7-5-4-6-8-15)10-13(17-2)14(12)18-3/h9-10,15H,4-8H2,1-3H3. The van der Waals surface area contributed by atoms with E-state index in [2.05, 4.69) is 0 Å². The van der Waals surface area contributed by atoms with Crippen molar-refractivity contribution in [2.75, 3.05) is 27.9 Å². The van der Waals surface area contributed by atoms with Gasteiger partial charge in [-0.05, 0) is 37.0 Å². The predicted octanol–water partition coefficient (Wildman–Crippen LogP) is 2.42. The summed E-state index contributed by atoms with van der Waals surface area (Å²) >= 11 is 0. The van der Waals surface area contributed by atoms with Crippen molar-refractivity contribution in [3.05, 3.63) is 17.7 Å². The minimum Gasteiger partial charge on any atom is -0.493 e. The summed E-state index contributed by atoms with van der Waals surface area (Å²) in [7, 11) is 4.83. The molecule has 0 radical (unpaired) electrons. The molecule has 0 aliphatic carbocycles. The predicted molar refractivity (Wildman–Crippen MR) is 70.7 cm³/mol. The molecule has 0 aliphatic rings. The first-order valence-electron chi connectivity index (χ1n) is 6.16. The maximum absolute atomic E-state index is 8.74. The van der Waals surface area contributed by atoms with Crippen LogP contribution in [0.15, 0.2) is 12.1 Å². The normalized spacial score (nSPS) is 10.2. The zero-order chi connectivity index (χ0) is 13.4. The van der Waals surface area contributed by atoms with E-state index in [-0.39, 0.29) is 6.61 Å². The Morgan fingerprint density at radius 2 is 1.50 bits per heavy atom. The summed E-state index contributed by atoms with van der Waals surface area (Å²) in [6.07, 6.45) is 3.85. The minimum absolute atomic E-state index is 0.259. The van der Waals surface area contributed by atoms with Crippen LogP contribution >= 0.6 is 0 Å². The molecule has 1 aromatic carbocycles. The second kappa shape index (κ2) is 7.82. The van der Waals surface area contributed by atoms with Crippen LogP contribution in [0, 0.1) is 0 Å². The molecule has 0 amide bonds. The molecule has 0 heterocycles. The molecule has 0 unspecified atom stereocenters. The fraction of sp³-hybridized carbons (Fsp3) is 0.571. The topological polar surface area (TPSA) is 47.9 Å². The fourth-order valence-corrected chi connectivity index (χ4v) is 1.90. The zero-order valence-corrected chi connectivity index (χ0v) is 11.4. The molecule has 1 aromatic rings. The lowest BCUT2D eigenvalue weighted by molar-refractivity contribution is 0.283. The number of benzene rings is 1. The molecule has 18 heavy (non-hydrogen) atoms. The molecular formula is C14H22O4. The van der Waals surface area contributed by atoms with Gasteiger partial charge in [0.05, 0.1) is 21.3 Å². The average molecular weight is 254 g/mol. The van der Waals surface area contributed by atoms with Gasteiger partial charge in [0.25, 0.3) is 0 Å². The minimum atomic E-state index is 0.259. The van der Waals surface area contributed by atoms with E-state index in [9.17, 15) is 0 Å². The van der Waals surface area contributed by atoms with Crippen LogP contribution in [0.2, 0.25) is 0 Å². The van der Waals surface area contributed by atoms with Crippen molar-refractivity contribution in [1.29, 1.82) is 0 Å². The van der Waals surface area contributed by atoms with Crippen LogP contribution in [0.25, 0.3) is 0 Å². The number of rotatable bonds is 8. The Hall–Kier alpha value is -1.42. The number of aliphatic hydroxyl groups excluding tert-OH is 1. The molecule has 0 aromatic heterocycles. The highest BCUT2D eigenvalue weighted by Crippen LogP contribution is 2.38. The van der Waals surface area contributed by atoms with Crippen molar-refractivity contribution >= 4 is 0 Å². The van der Waals surface area contributed by atoms with E-state index < -0.39 is 0 Å². The second-order valence-electron chi connectivity index (χ2n) is 4.07. The summed E-state index contributed by atoms with van der Waals surface area (Å²) in [4.78, 5) is 0. The number of methoxy groups -OCH3 is 3. The summed E-state index contributed by atoms with van der Waals surface area (Å²) in [6.45, 7) is 0.259. The van der Waals surface area contributed by atoms with Crippen molar-refractivity contribution in [3.8, 4) is 17.2 Å². The van der Waals surface area contributed by atoms with Crippen LogP contribution in [-0.4, -0.2) is 33.0 Å². The molecule has 0 saturated heterocycles. The van der Waals surface area contributed by atoms with Crippen LogP contribution in [0.1, 0.15) is 24.8 Å². The Morgan fingerprint density at radius 1 is 0.889 bits per heavy atom. The summed E-state index contributed by atoms with van der Waals surface area (Å²) in [5.74, 6) is 2.00. The highest BCUT2D eigenvalue weighted by atomic mass is 16.5. The average Bonchev–Trinajstić information content (AvgIpc) is 2.42. The lowest BCUT2D eigenvalue weighted by Gasteiger charge is -2.14. The molecule has 4 heteroatoms. The van der Waals surface area contributed by atoms with Crippen molar-refractivity contribution in [1.82, 2.24) is 0 Å². The third kappa shape index (κ3) is 3.81. The maximum atomic E-state index is 8.74. The maximum Gasteiger partial charge on any atom is 0.203 e. The third-order valence-electron chi connectivity index (χ3n) is 2.85. The molecule has 0 atom stereocenters.